The van der Waals surface area contributed by atoms with Crippen molar-refractivity contribution >= 4 is 58.0 Å². The Bertz CT molecular complexity index is 2520. The van der Waals surface area contributed by atoms with Gasteiger partial charge in [0.05, 0.1) is 24.9 Å². The minimum absolute atomic E-state index is 0.0504. The fraction of sp³-hybridized carbons (Fsp3) is 0.511. The van der Waals surface area contributed by atoms with Gasteiger partial charge in [-0.15, -0.1) is 0 Å². The summed E-state index contributed by atoms with van der Waals surface area (Å²) in [6.45, 7) is 2.05. The number of hydrogen-bond donors (Lipinski definition) is 5. The maximum absolute atomic E-state index is 14.2. The highest BCUT2D eigenvalue weighted by atomic mass is 35.5. The van der Waals surface area contributed by atoms with E-state index in [4.69, 9.17) is 42.4 Å². The largest absolute Gasteiger partial charge is 0.465 e. The third kappa shape index (κ3) is 8.20. The molecule has 0 spiro atoms. The second-order valence-electron chi connectivity index (χ2n) is 17.7. The van der Waals surface area contributed by atoms with Crippen molar-refractivity contribution in [3.8, 4) is 23.1 Å². The van der Waals surface area contributed by atoms with E-state index < -0.39 is 24.3 Å². The predicted molar refractivity (Wildman–Crippen MR) is 230 cm³/mol. The number of nitrogens with zero attached hydrogens (tertiary/aromatic N) is 4. The highest BCUT2D eigenvalue weighted by Gasteiger charge is 2.58. The van der Waals surface area contributed by atoms with Crippen LogP contribution >= 0.6 is 23.2 Å². The van der Waals surface area contributed by atoms with Crippen molar-refractivity contribution < 1.29 is 38.5 Å². The Morgan fingerprint density at radius 2 is 1.32 bits per heavy atom. The molecule has 4 aromatic rings. The molecule has 8 atom stereocenters. The van der Waals surface area contributed by atoms with Gasteiger partial charge >= 0.3 is 12.2 Å². The molecule has 330 valence electrons. The van der Waals surface area contributed by atoms with Gasteiger partial charge in [0.15, 0.2) is 10.3 Å². The van der Waals surface area contributed by atoms with Gasteiger partial charge in [0.1, 0.15) is 29.4 Å². The van der Waals surface area contributed by atoms with Crippen LogP contribution in [0.5, 0.6) is 0 Å². The average molecular weight is 900 g/mol. The minimum Gasteiger partial charge on any atom is -0.465 e. The lowest BCUT2D eigenvalue weighted by Crippen LogP contribution is -2.54. The van der Waals surface area contributed by atoms with Crippen LogP contribution < -0.4 is 10.6 Å². The van der Waals surface area contributed by atoms with Gasteiger partial charge in [-0.25, -0.2) is 19.6 Å². The van der Waals surface area contributed by atoms with E-state index >= 15 is 0 Å². The molecule has 6 fully saturated rings. The summed E-state index contributed by atoms with van der Waals surface area (Å²) in [7, 11) is 1.29. The predicted octanol–water partition coefficient (Wildman–Crippen LogP) is 6.20. The first-order chi connectivity index (χ1) is 30.5. The van der Waals surface area contributed by atoms with Crippen LogP contribution in [-0.4, -0.2) is 117 Å². The number of amides is 4. The molecular weight excluding hydrogens is 851 g/mol. The molecule has 0 bridgehead atoms. The number of H-pyrrole nitrogens is 2. The van der Waals surface area contributed by atoms with Crippen LogP contribution in [0.2, 0.25) is 10.3 Å². The van der Waals surface area contributed by atoms with Crippen LogP contribution in [0.25, 0.3) is 22.0 Å². The maximum atomic E-state index is 14.2. The van der Waals surface area contributed by atoms with E-state index in [1.807, 2.05) is 46.2 Å². The van der Waals surface area contributed by atoms with Crippen LogP contribution in [0.3, 0.4) is 0 Å². The van der Waals surface area contributed by atoms with Crippen LogP contribution in [-0.2, 0) is 23.8 Å². The fourth-order valence-electron chi connectivity index (χ4n) is 10.5. The molecule has 4 amide bonds. The summed E-state index contributed by atoms with van der Waals surface area (Å²) in [4.78, 5) is 72.3. The summed E-state index contributed by atoms with van der Waals surface area (Å²) in [5.74, 6) is 7.64. The molecule has 2 unspecified atom stereocenters. The van der Waals surface area contributed by atoms with Crippen LogP contribution in [0.1, 0.15) is 86.4 Å². The molecule has 2 aromatic heterocycles. The quantitative estimate of drug-likeness (QED) is 0.120. The Labute approximate surface area is 373 Å². The normalized spacial score (nSPS) is 26.3. The zero-order chi connectivity index (χ0) is 43.5. The highest BCUT2D eigenvalue weighted by molar-refractivity contribution is 6.32. The molecule has 63 heavy (non-hydrogen) atoms. The first-order valence-electron chi connectivity index (χ1n) is 21.8. The molecule has 16 nitrogen and oxygen atoms in total. The van der Waals surface area contributed by atoms with Crippen molar-refractivity contribution in [1.82, 2.24) is 40.4 Å². The van der Waals surface area contributed by atoms with Gasteiger partial charge in [-0.2, -0.15) is 0 Å². The molecular formula is C45H48Cl2N8O8. The number of aromatic amines is 2. The minimum atomic E-state index is -1.22. The molecule has 5 N–H and O–H groups in total. The first-order valence-corrected chi connectivity index (χ1v) is 22.5. The molecule has 2 aromatic carbocycles. The maximum Gasteiger partial charge on any atom is 0.407 e. The standard InChI is InChI=1S/C45H48Cl2N8O8/c1-61-45(60)51-37(24-10-14-63-15-11-24)43(57)54-31-18-28(31)20-33(54)40-48-30(38(46)52-40)7-3-22-2-4-26-17-27(6-5-25(26)16-22)35-39(47)53-41(49-35)34-21-29-19-32(29)55(34)42(56)36(50-44(58)59)23-8-12-62-13-9-23/h2,4-6,16-17,23-24,28-29,31-34,36-37,50H,8-15,18-21H2,1H3,(H,48,52)(H,49,53)(H,51,60)(H,58,59)/t28-,29-,31-,32-,33+,34+,36?,37?/m1/s1. The Morgan fingerprint density at radius 1 is 0.762 bits per heavy atom. The molecule has 2 aliphatic carbocycles. The van der Waals surface area contributed by atoms with Gasteiger partial charge in [0.25, 0.3) is 0 Å². The monoisotopic (exact) mass is 898 g/mol. The Hall–Kier alpha value is -5.34. The number of hydrogen-bond acceptors (Lipinski definition) is 9. The summed E-state index contributed by atoms with van der Waals surface area (Å²) >= 11 is 13.4. The highest BCUT2D eigenvalue weighted by Crippen LogP contribution is 2.55. The summed E-state index contributed by atoms with van der Waals surface area (Å²) in [6.07, 6.45) is 3.96. The molecule has 4 aliphatic heterocycles. The summed E-state index contributed by atoms with van der Waals surface area (Å²) in [5, 5.41) is 17.4. The smallest absolute Gasteiger partial charge is 0.407 e. The third-order valence-corrected chi connectivity index (χ3v) is 14.5. The summed E-state index contributed by atoms with van der Waals surface area (Å²) < 4.78 is 15.9. The van der Waals surface area contributed by atoms with Gasteiger partial charge in [-0.1, -0.05) is 47.3 Å². The van der Waals surface area contributed by atoms with Crippen molar-refractivity contribution in [2.45, 2.75) is 87.6 Å². The topological polar surface area (TPSA) is 204 Å². The van der Waals surface area contributed by atoms with Gasteiger partial charge in [0.2, 0.25) is 11.8 Å². The van der Waals surface area contributed by atoms with E-state index in [-0.39, 0.29) is 53.0 Å². The second-order valence-corrected chi connectivity index (χ2v) is 18.4. The second kappa shape index (κ2) is 17.0. The molecule has 2 saturated carbocycles. The number of ether oxygens (including phenoxy) is 3. The Morgan fingerprint density at radius 3 is 1.92 bits per heavy atom. The molecule has 6 aliphatic rings. The van der Waals surface area contributed by atoms with Gasteiger partial charge < -0.3 is 49.7 Å². The zero-order valence-corrected chi connectivity index (χ0v) is 36.1. The van der Waals surface area contributed by atoms with Crippen molar-refractivity contribution in [3.63, 3.8) is 0 Å². The molecule has 0 radical (unpaired) electrons. The lowest BCUT2D eigenvalue weighted by Gasteiger charge is -2.35. The number of nitrogens with one attached hydrogen (secondary N) is 4. The van der Waals surface area contributed by atoms with Gasteiger partial charge in [0, 0.05) is 49.6 Å². The van der Waals surface area contributed by atoms with Crippen molar-refractivity contribution in [2.75, 3.05) is 33.5 Å². The number of carbonyl (C=O) groups excluding carboxylic acids is 3. The molecule has 6 heterocycles. The number of halogens is 2. The number of carboxylic acid groups (broad SMARTS) is 1. The van der Waals surface area contributed by atoms with Crippen LogP contribution in [0.4, 0.5) is 9.59 Å². The number of imidazole rings is 2. The molecule has 4 saturated heterocycles. The Kier molecular flexibility index (Phi) is 11.2. The number of carbonyl (C=O) groups is 4. The van der Waals surface area contributed by atoms with Crippen molar-refractivity contribution in [3.05, 3.63) is 69.6 Å². The zero-order valence-electron chi connectivity index (χ0n) is 34.6. The number of methoxy groups -OCH3 is 1. The lowest BCUT2D eigenvalue weighted by atomic mass is 9.90. The van der Waals surface area contributed by atoms with Crippen molar-refractivity contribution in [1.29, 1.82) is 0 Å². The number of benzene rings is 2. The van der Waals surface area contributed by atoms with E-state index in [9.17, 15) is 24.3 Å². The van der Waals surface area contributed by atoms with Gasteiger partial charge in [-0.05, 0) is 110 Å². The third-order valence-electron chi connectivity index (χ3n) is 13.9. The number of alkyl carbamates (subject to hydrolysis) is 1. The number of aromatic nitrogens is 4. The molecule has 18 heteroatoms. The molecule has 10 rings (SSSR count). The van der Waals surface area contributed by atoms with E-state index in [1.165, 1.54) is 7.11 Å². The lowest BCUT2D eigenvalue weighted by molar-refractivity contribution is -0.138. The van der Waals surface area contributed by atoms with Crippen LogP contribution in [0, 0.1) is 35.5 Å². The fourth-order valence-corrected chi connectivity index (χ4v) is 10.9. The van der Waals surface area contributed by atoms with E-state index in [1.54, 1.807) is 0 Å². The Balaban J connectivity index is 0.846. The van der Waals surface area contributed by atoms with E-state index in [0.717, 1.165) is 47.6 Å². The number of likely N-dealkylation sites (tertiary alicyclic amines) is 2. The average Bonchev–Trinajstić information content (AvgIpc) is 4.01. The summed E-state index contributed by atoms with van der Waals surface area (Å²) in [6, 6.07) is 9.73. The van der Waals surface area contributed by atoms with Gasteiger partial charge in [-0.3, -0.25) is 9.59 Å². The van der Waals surface area contributed by atoms with Crippen molar-refractivity contribution in [2.24, 2.45) is 23.7 Å². The van der Waals surface area contributed by atoms with E-state index in [2.05, 4.69) is 37.4 Å². The SMILES string of the molecule is COC(=O)NC(C(=O)N1[C@@H]2C[C@@H]2C[C@H]1c1nc(Cl)c(C#Cc2ccc3cc(-c4[nH]c([C@@H]5C[C@H]6C[C@H]6N5C(=O)C(NC(=O)O)C5CCOCC5)nc4Cl)ccc3c2)[nH]1)C1CCOCC1. The first kappa shape index (κ1) is 41.7. The van der Waals surface area contributed by atoms with E-state index in [0.29, 0.717) is 92.1 Å². The number of fused-ring (bicyclic) bond motifs is 3. The summed E-state index contributed by atoms with van der Waals surface area (Å²) in [5.41, 5.74) is 2.68. The van der Waals surface area contributed by atoms with Crippen LogP contribution in [0.15, 0.2) is 36.4 Å². The number of rotatable bonds is 9. The number of piperidine rings is 2.